The third-order valence-electron chi connectivity index (χ3n) is 2.72. The molecular formula is C12H13BF3KN2O. The van der Waals surface area contributed by atoms with Crippen LogP contribution in [0.15, 0.2) is 30.5 Å². The summed E-state index contributed by atoms with van der Waals surface area (Å²) in [6.45, 7) is -3.13. The van der Waals surface area contributed by atoms with Gasteiger partial charge in [-0.2, -0.15) is 5.10 Å². The molecular weight excluding hydrogens is 295 g/mol. The molecule has 2 aromatic rings. The first-order valence-electron chi connectivity index (χ1n) is 5.78. The van der Waals surface area contributed by atoms with Gasteiger partial charge in [0.2, 0.25) is 0 Å². The number of aromatic nitrogens is 2. The van der Waals surface area contributed by atoms with Gasteiger partial charge in [-0.1, -0.05) is 12.1 Å². The zero-order valence-corrected chi connectivity index (χ0v) is 14.7. The molecule has 102 valence electrons. The first kappa shape index (κ1) is 17.8. The van der Waals surface area contributed by atoms with E-state index in [2.05, 4.69) is 5.10 Å². The minimum atomic E-state index is -4.97. The summed E-state index contributed by atoms with van der Waals surface area (Å²) < 4.78 is 44.8. The minimum absolute atomic E-state index is 0. The number of aryl methyl sites for hydroxylation is 2. The Hall–Kier alpha value is -0.279. The van der Waals surface area contributed by atoms with E-state index < -0.39 is 12.4 Å². The van der Waals surface area contributed by atoms with Crippen molar-refractivity contribution < 1.29 is 69.1 Å². The summed E-state index contributed by atoms with van der Waals surface area (Å²) in [4.78, 5) is 0. The molecule has 0 radical (unpaired) electrons. The molecule has 3 nitrogen and oxygen atoms in total. The van der Waals surface area contributed by atoms with E-state index >= 15 is 0 Å². The monoisotopic (exact) mass is 308 g/mol. The smallest absolute Gasteiger partial charge is 0.487 e. The molecule has 0 aliphatic rings. The van der Waals surface area contributed by atoms with Crippen LogP contribution in [0.3, 0.4) is 0 Å². The summed E-state index contributed by atoms with van der Waals surface area (Å²) in [6.07, 6.45) is 1.78. The standard InChI is InChI=1S/C12H13BF3N2O.K/c1-9-7-10(13(14,15)16)3-4-12(9)19-8-11-5-6-18(2)17-11;/h3-7H,8H2,1-2H3;/q-1;+1. The van der Waals surface area contributed by atoms with Gasteiger partial charge in [0.05, 0.1) is 5.69 Å². The molecule has 1 heterocycles. The first-order valence-corrected chi connectivity index (χ1v) is 5.78. The molecule has 2 rings (SSSR count). The topological polar surface area (TPSA) is 27.1 Å². The van der Waals surface area contributed by atoms with E-state index in [0.717, 1.165) is 17.8 Å². The van der Waals surface area contributed by atoms with Gasteiger partial charge in [0.15, 0.2) is 0 Å². The van der Waals surface area contributed by atoms with Crippen molar-refractivity contribution in [3.05, 3.63) is 41.7 Å². The SMILES string of the molecule is Cc1cc([B-](F)(F)F)ccc1OCc1ccn(C)n1.[K+]. The van der Waals surface area contributed by atoms with Crippen LogP contribution >= 0.6 is 0 Å². The van der Waals surface area contributed by atoms with Gasteiger partial charge < -0.3 is 17.7 Å². The summed E-state index contributed by atoms with van der Waals surface area (Å²) in [5, 5.41) is 4.13. The predicted molar refractivity (Wildman–Crippen MR) is 67.4 cm³/mol. The summed E-state index contributed by atoms with van der Waals surface area (Å²) in [5.41, 5.74) is 0.585. The zero-order chi connectivity index (χ0) is 14.0. The maximum atomic E-state index is 12.6. The molecule has 1 aromatic heterocycles. The Labute approximate surface area is 158 Å². The molecule has 0 unspecified atom stereocenters. The van der Waals surface area contributed by atoms with Crippen molar-refractivity contribution in [1.29, 1.82) is 0 Å². The van der Waals surface area contributed by atoms with E-state index in [0.29, 0.717) is 11.3 Å². The number of nitrogens with zero attached hydrogens (tertiary/aromatic N) is 2. The first-order chi connectivity index (χ1) is 8.86. The van der Waals surface area contributed by atoms with E-state index in [9.17, 15) is 12.9 Å². The van der Waals surface area contributed by atoms with Crippen LogP contribution in [-0.4, -0.2) is 16.8 Å². The van der Waals surface area contributed by atoms with E-state index in [1.165, 1.54) is 6.07 Å². The fourth-order valence-electron chi connectivity index (χ4n) is 1.73. The van der Waals surface area contributed by atoms with Crippen LogP contribution in [0, 0.1) is 6.92 Å². The third-order valence-corrected chi connectivity index (χ3v) is 2.72. The Morgan fingerprint density at radius 1 is 1.25 bits per heavy atom. The van der Waals surface area contributed by atoms with Crippen molar-refractivity contribution in [2.24, 2.45) is 7.05 Å². The molecule has 1 aromatic carbocycles. The van der Waals surface area contributed by atoms with Crippen LogP contribution in [0.1, 0.15) is 11.3 Å². The quantitative estimate of drug-likeness (QED) is 0.703. The normalized spacial score (nSPS) is 11.1. The van der Waals surface area contributed by atoms with Crippen LogP contribution in [0.2, 0.25) is 0 Å². The molecule has 8 heteroatoms. The second-order valence-corrected chi connectivity index (χ2v) is 4.37. The van der Waals surface area contributed by atoms with Crippen molar-refractivity contribution >= 4 is 12.4 Å². The number of ether oxygens (including phenoxy) is 1. The van der Waals surface area contributed by atoms with Gasteiger partial charge in [0.25, 0.3) is 0 Å². The second kappa shape index (κ2) is 7.13. The van der Waals surface area contributed by atoms with Gasteiger partial charge in [-0.3, -0.25) is 4.68 Å². The van der Waals surface area contributed by atoms with E-state index in [1.54, 1.807) is 30.9 Å². The molecule has 0 amide bonds. The van der Waals surface area contributed by atoms with Crippen molar-refractivity contribution in [2.75, 3.05) is 0 Å². The number of benzene rings is 1. The van der Waals surface area contributed by atoms with Crippen LogP contribution in [0.5, 0.6) is 5.75 Å². The second-order valence-electron chi connectivity index (χ2n) is 4.37. The summed E-state index contributed by atoms with van der Waals surface area (Å²) >= 11 is 0. The fraction of sp³-hybridized carbons (Fsp3) is 0.250. The summed E-state index contributed by atoms with van der Waals surface area (Å²) in [7, 11) is 1.79. The minimum Gasteiger partial charge on any atom is -0.487 e. The van der Waals surface area contributed by atoms with Crippen LogP contribution in [-0.2, 0) is 13.7 Å². The molecule has 0 fully saturated rings. The van der Waals surface area contributed by atoms with Gasteiger partial charge in [-0.15, -0.1) is 5.46 Å². The number of halogens is 3. The molecule has 0 atom stereocenters. The average Bonchev–Trinajstić information content (AvgIpc) is 2.72. The average molecular weight is 308 g/mol. The van der Waals surface area contributed by atoms with Crippen molar-refractivity contribution in [1.82, 2.24) is 9.78 Å². The van der Waals surface area contributed by atoms with Crippen molar-refractivity contribution in [2.45, 2.75) is 13.5 Å². The molecule has 20 heavy (non-hydrogen) atoms. The molecule has 0 spiro atoms. The predicted octanol–water partition coefficient (Wildman–Crippen LogP) is -0.634. The van der Waals surface area contributed by atoms with Gasteiger partial charge in [0, 0.05) is 13.2 Å². The Bertz CT molecular complexity index is 586. The van der Waals surface area contributed by atoms with E-state index in [-0.39, 0.29) is 58.0 Å². The number of hydrogen-bond acceptors (Lipinski definition) is 2. The number of hydrogen-bond donors (Lipinski definition) is 0. The zero-order valence-electron chi connectivity index (χ0n) is 11.6. The van der Waals surface area contributed by atoms with Crippen molar-refractivity contribution in [3.8, 4) is 5.75 Å². The van der Waals surface area contributed by atoms with E-state index in [4.69, 9.17) is 4.74 Å². The Balaban J connectivity index is 0.00000200. The van der Waals surface area contributed by atoms with Crippen LogP contribution in [0.25, 0.3) is 0 Å². The van der Waals surface area contributed by atoms with Crippen LogP contribution < -0.4 is 61.6 Å². The maximum Gasteiger partial charge on any atom is 1.00 e. The van der Waals surface area contributed by atoms with Gasteiger partial charge in [-0.25, -0.2) is 0 Å². The maximum absolute atomic E-state index is 12.6. The molecule has 0 aliphatic heterocycles. The molecule has 0 aliphatic carbocycles. The number of rotatable bonds is 4. The Morgan fingerprint density at radius 3 is 2.45 bits per heavy atom. The largest absolute Gasteiger partial charge is 1.00 e. The molecule has 0 N–H and O–H groups in total. The van der Waals surface area contributed by atoms with Crippen LogP contribution in [0.4, 0.5) is 12.9 Å². The molecule has 0 saturated heterocycles. The van der Waals surface area contributed by atoms with Crippen molar-refractivity contribution in [3.63, 3.8) is 0 Å². The summed E-state index contributed by atoms with van der Waals surface area (Å²) in [6, 6.07) is 5.29. The molecule has 0 bridgehead atoms. The van der Waals surface area contributed by atoms with Gasteiger partial charge in [0.1, 0.15) is 12.4 Å². The fourth-order valence-corrected chi connectivity index (χ4v) is 1.73. The van der Waals surface area contributed by atoms with Gasteiger partial charge in [-0.05, 0) is 24.6 Å². The summed E-state index contributed by atoms with van der Waals surface area (Å²) in [5.74, 6) is 0.439. The van der Waals surface area contributed by atoms with Gasteiger partial charge >= 0.3 is 58.4 Å². The van der Waals surface area contributed by atoms with E-state index in [1.807, 2.05) is 0 Å². The third kappa shape index (κ3) is 4.63. The Morgan fingerprint density at radius 2 is 1.95 bits per heavy atom. The Kier molecular flexibility index (Phi) is 6.33. The molecule has 0 saturated carbocycles.